The van der Waals surface area contributed by atoms with Crippen LogP contribution in [0.2, 0.25) is 5.02 Å². The van der Waals surface area contributed by atoms with Crippen molar-refractivity contribution in [1.82, 2.24) is 9.97 Å². The van der Waals surface area contributed by atoms with E-state index >= 15 is 0 Å². The molecule has 0 bridgehead atoms. The van der Waals surface area contributed by atoms with Gasteiger partial charge in [-0.1, -0.05) is 11.6 Å². The van der Waals surface area contributed by atoms with E-state index in [9.17, 15) is 4.39 Å². The van der Waals surface area contributed by atoms with E-state index in [-0.39, 0.29) is 5.82 Å². The van der Waals surface area contributed by atoms with Gasteiger partial charge in [-0.2, -0.15) is 0 Å². The zero-order chi connectivity index (χ0) is 13.9. The molecule has 20 heavy (non-hydrogen) atoms. The first-order valence-electron chi connectivity index (χ1n) is 6.11. The van der Waals surface area contributed by atoms with Crippen molar-refractivity contribution in [1.29, 1.82) is 0 Å². The van der Waals surface area contributed by atoms with Crippen LogP contribution in [-0.4, -0.2) is 9.97 Å². The highest BCUT2D eigenvalue weighted by Crippen LogP contribution is 2.18. The minimum Gasteiger partial charge on any atom is -0.381 e. The van der Waals surface area contributed by atoms with E-state index in [0.29, 0.717) is 17.1 Å². The first-order chi connectivity index (χ1) is 9.72. The summed E-state index contributed by atoms with van der Waals surface area (Å²) < 4.78 is 13.6. The zero-order valence-electron chi connectivity index (χ0n) is 10.5. The molecule has 3 rings (SSSR count). The second-order valence-corrected chi connectivity index (χ2v) is 4.79. The lowest BCUT2D eigenvalue weighted by Crippen LogP contribution is -2.02. The van der Waals surface area contributed by atoms with E-state index in [0.717, 1.165) is 16.7 Å². The SMILES string of the molecule is Fc1ccc(Cl)cc1CNc1ccc2nccnc2c1. The number of rotatable bonds is 3. The Balaban J connectivity index is 1.81. The van der Waals surface area contributed by atoms with Gasteiger partial charge in [0, 0.05) is 35.2 Å². The lowest BCUT2D eigenvalue weighted by atomic mass is 10.2. The van der Waals surface area contributed by atoms with Crippen molar-refractivity contribution in [2.24, 2.45) is 0 Å². The number of nitrogens with one attached hydrogen (secondary N) is 1. The second-order valence-electron chi connectivity index (χ2n) is 4.35. The summed E-state index contributed by atoms with van der Waals surface area (Å²) in [7, 11) is 0. The maximum atomic E-state index is 13.6. The highest BCUT2D eigenvalue weighted by molar-refractivity contribution is 6.30. The number of fused-ring (bicyclic) bond motifs is 1. The molecule has 3 aromatic rings. The normalized spacial score (nSPS) is 10.7. The molecule has 1 N–H and O–H groups in total. The van der Waals surface area contributed by atoms with Crippen LogP contribution in [-0.2, 0) is 6.54 Å². The predicted molar refractivity (Wildman–Crippen MR) is 78.3 cm³/mol. The summed E-state index contributed by atoms with van der Waals surface area (Å²) in [6.45, 7) is 0.359. The van der Waals surface area contributed by atoms with E-state index in [1.165, 1.54) is 12.1 Å². The van der Waals surface area contributed by atoms with E-state index < -0.39 is 0 Å². The van der Waals surface area contributed by atoms with Crippen molar-refractivity contribution in [3.05, 3.63) is 65.2 Å². The minimum absolute atomic E-state index is 0.275. The second kappa shape index (κ2) is 5.43. The number of hydrogen-bond donors (Lipinski definition) is 1. The van der Waals surface area contributed by atoms with Crippen LogP contribution < -0.4 is 5.32 Å². The van der Waals surface area contributed by atoms with Gasteiger partial charge in [-0.15, -0.1) is 0 Å². The molecule has 0 aliphatic carbocycles. The molecule has 1 aromatic heterocycles. The van der Waals surface area contributed by atoms with Crippen molar-refractivity contribution in [2.75, 3.05) is 5.32 Å². The summed E-state index contributed by atoms with van der Waals surface area (Å²) in [6.07, 6.45) is 3.29. The van der Waals surface area contributed by atoms with E-state index in [4.69, 9.17) is 11.6 Å². The van der Waals surface area contributed by atoms with Gasteiger partial charge in [0.15, 0.2) is 0 Å². The first kappa shape index (κ1) is 12.8. The summed E-state index contributed by atoms with van der Waals surface area (Å²) >= 11 is 5.86. The van der Waals surface area contributed by atoms with Gasteiger partial charge < -0.3 is 5.32 Å². The fourth-order valence-electron chi connectivity index (χ4n) is 1.95. The summed E-state index contributed by atoms with van der Waals surface area (Å²) in [5.41, 5.74) is 3.00. The van der Waals surface area contributed by atoms with Gasteiger partial charge >= 0.3 is 0 Å². The van der Waals surface area contributed by atoms with Crippen molar-refractivity contribution < 1.29 is 4.39 Å². The molecule has 2 aromatic carbocycles. The van der Waals surface area contributed by atoms with Crippen molar-refractivity contribution >= 4 is 28.3 Å². The Kier molecular flexibility index (Phi) is 3.48. The molecule has 100 valence electrons. The summed E-state index contributed by atoms with van der Waals surface area (Å²) in [6, 6.07) is 10.2. The van der Waals surface area contributed by atoms with Gasteiger partial charge in [-0.3, -0.25) is 9.97 Å². The maximum Gasteiger partial charge on any atom is 0.128 e. The van der Waals surface area contributed by atoms with Crippen LogP contribution in [0.15, 0.2) is 48.8 Å². The number of benzene rings is 2. The van der Waals surface area contributed by atoms with Gasteiger partial charge in [0.1, 0.15) is 5.82 Å². The molecular formula is C15H11ClFN3. The average Bonchev–Trinajstić information content (AvgIpc) is 2.48. The molecule has 5 heteroatoms. The Hall–Kier alpha value is -2.20. The third kappa shape index (κ3) is 2.70. The van der Waals surface area contributed by atoms with Gasteiger partial charge in [0.2, 0.25) is 0 Å². The van der Waals surface area contributed by atoms with Crippen LogP contribution in [0.4, 0.5) is 10.1 Å². The average molecular weight is 288 g/mol. The fourth-order valence-corrected chi connectivity index (χ4v) is 2.14. The first-order valence-corrected chi connectivity index (χ1v) is 6.49. The highest BCUT2D eigenvalue weighted by atomic mass is 35.5. The Bertz CT molecular complexity index is 761. The molecule has 0 unspecified atom stereocenters. The predicted octanol–water partition coefficient (Wildman–Crippen LogP) is 4.03. The van der Waals surface area contributed by atoms with Gasteiger partial charge in [0.05, 0.1) is 11.0 Å². The van der Waals surface area contributed by atoms with Crippen molar-refractivity contribution in [3.63, 3.8) is 0 Å². The smallest absolute Gasteiger partial charge is 0.128 e. The summed E-state index contributed by atoms with van der Waals surface area (Å²) in [5, 5.41) is 3.68. The van der Waals surface area contributed by atoms with Crippen LogP contribution in [0.1, 0.15) is 5.56 Å². The minimum atomic E-state index is -0.275. The van der Waals surface area contributed by atoms with E-state index in [1.807, 2.05) is 18.2 Å². The molecule has 1 heterocycles. The van der Waals surface area contributed by atoms with Crippen LogP contribution in [0, 0.1) is 5.82 Å². The molecule has 0 aliphatic heterocycles. The zero-order valence-corrected chi connectivity index (χ0v) is 11.2. The number of anilines is 1. The van der Waals surface area contributed by atoms with E-state index in [1.54, 1.807) is 18.5 Å². The molecule has 0 radical (unpaired) electrons. The number of halogens is 2. The van der Waals surface area contributed by atoms with Gasteiger partial charge in [-0.25, -0.2) is 4.39 Å². The molecule has 0 saturated heterocycles. The summed E-state index contributed by atoms with van der Waals surface area (Å²) in [5.74, 6) is -0.275. The number of nitrogens with zero attached hydrogens (tertiary/aromatic N) is 2. The Morgan fingerprint density at radius 3 is 2.65 bits per heavy atom. The third-order valence-electron chi connectivity index (χ3n) is 2.96. The lowest BCUT2D eigenvalue weighted by molar-refractivity contribution is 0.613. The Labute approximate surface area is 120 Å². The van der Waals surface area contributed by atoms with Gasteiger partial charge in [-0.05, 0) is 36.4 Å². The molecule has 0 saturated carbocycles. The molecule has 0 amide bonds. The highest BCUT2D eigenvalue weighted by Gasteiger charge is 2.03. The maximum absolute atomic E-state index is 13.6. The van der Waals surface area contributed by atoms with Gasteiger partial charge in [0.25, 0.3) is 0 Å². The van der Waals surface area contributed by atoms with Crippen LogP contribution >= 0.6 is 11.6 Å². The monoisotopic (exact) mass is 287 g/mol. The molecule has 0 spiro atoms. The topological polar surface area (TPSA) is 37.8 Å². The number of aromatic nitrogens is 2. The molecule has 0 aliphatic rings. The lowest BCUT2D eigenvalue weighted by Gasteiger charge is -2.08. The molecule has 0 fully saturated rings. The standard InChI is InChI=1S/C15H11ClFN3/c16-11-1-3-13(17)10(7-11)9-20-12-2-4-14-15(8-12)19-6-5-18-14/h1-8,20H,9H2. The van der Waals surface area contributed by atoms with Crippen LogP contribution in [0.25, 0.3) is 11.0 Å². The quantitative estimate of drug-likeness (QED) is 0.790. The fraction of sp³-hybridized carbons (Fsp3) is 0.0667. The van der Waals surface area contributed by atoms with Crippen LogP contribution in [0.3, 0.4) is 0 Å². The Morgan fingerprint density at radius 1 is 1.00 bits per heavy atom. The van der Waals surface area contributed by atoms with E-state index in [2.05, 4.69) is 15.3 Å². The summed E-state index contributed by atoms with van der Waals surface area (Å²) in [4.78, 5) is 8.43. The van der Waals surface area contributed by atoms with Crippen molar-refractivity contribution in [3.8, 4) is 0 Å². The largest absolute Gasteiger partial charge is 0.381 e. The molecular weight excluding hydrogens is 277 g/mol. The molecule has 3 nitrogen and oxygen atoms in total. The van der Waals surface area contributed by atoms with Crippen molar-refractivity contribution in [2.45, 2.75) is 6.54 Å². The third-order valence-corrected chi connectivity index (χ3v) is 3.20. The van der Waals surface area contributed by atoms with Crippen LogP contribution in [0.5, 0.6) is 0 Å². The molecule has 0 atom stereocenters. The number of hydrogen-bond acceptors (Lipinski definition) is 3. The Morgan fingerprint density at radius 2 is 1.80 bits per heavy atom.